The summed E-state index contributed by atoms with van der Waals surface area (Å²) >= 11 is 0. The molecule has 0 N–H and O–H groups in total. The summed E-state index contributed by atoms with van der Waals surface area (Å²) in [6.45, 7) is 3.85. The van der Waals surface area contributed by atoms with E-state index in [1.54, 1.807) is 0 Å². The summed E-state index contributed by atoms with van der Waals surface area (Å²) in [6, 6.07) is 10.9. The molecular formula is C14H19N. The Kier molecular flexibility index (Phi) is 2.49. The van der Waals surface area contributed by atoms with E-state index in [9.17, 15) is 0 Å². The SMILES string of the molecule is c1ccc(CN2C[C@H]3CCC[C@H]3C2)cc1. The van der Waals surface area contributed by atoms with Gasteiger partial charge in [-0.05, 0) is 30.2 Å². The molecule has 0 radical (unpaired) electrons. The molecule has 0 aromatic heterocycles. The molecule has 0 unspecified atom stereocenters. The van der Waals surface area contributed by atoms with Crippen LogP contribution in [0.25, 0.3) is 0 Å². The first-order valence-corrected chi connectivity index (χ1v) is 6.18. The Morgan fingerprint density at radius 1 is 1.00 bits per heavy atom. The number of likely N-dealkylation sites (tertiary alicyclic amines) is 1. The Bertz CT molecular complexity index is 307. The van der Waals surface area contributed by atoms with Crippen LogP contribution in [0.2, 0.25) is 0 Å². The smallest absolute Gasteiger partial charge is 0.0233 e. The van der Waals surface area contributed by atoms with E-state index in [2.05, 4.69) is 35.2 Å². The molecule has 0 spiro atoms. The molecule has 15 heavy (non-hydrogen) atoms. The van der Waals surface area contributed by atoms with Crippen molar-refractivity contribution in [2.75, 3.05) is 13.1 Å². The van der Waals surface area contributed by atoms with Gasteiger partial charge in [0, 0.05) is 19.6 Å². The van der Waals surface area contributed by atoms with Crippen molar-refractivity contribution >= 4 is 0 Å². The lowest BCUT2D eigenvalue weighted by atomic mass is 10.0. The average Bonchev–Trinajstić information content (AvgIpc) is 2.79. The second-order valence-electron chi connectivity index (χ2n) is 5.13. The van der Waals surface area contributed by atoms with Gasteiger partial charge in [0.15, 0.2) is 0 Å². The zero-order chi connectivity index (χ0) is 10.1. The number of nitrogens with zero attached hydrogens (tertiary/aromatic N) is 1. The van der Waals surface area contributed by atoms with Gasteiger partial charge in [0.2, 0.25) is 0 Å². The quantitative estimate of drug-likeness (QED) is 0.711. The third kappa shape index (κ3) is 1.93. The summed E-state index contributed by atoms with van der Waals surface area (Å²) in [5.41, 5.74) is 1.47. The second kappa shape index (κ2) is 3.97. The van der Waals surface area contributed by atoms with Gasteiger partial charge in [-0.25, -0.2) is 0 Å². The summed E-state index contributed by atoms with van der Waals surface area (Å²) < 4.78 is 0. The second-order valence-corrected chi connectivity index (χ2v) is 5.13. The Hall–Kier alpha value is -0.820. The van der Waals surface area contributed by atoms with Gasteiger partial charge in [-0.2, -0.15) is 0 Å². The Balaban J connectivity index is 1.62. The molecule has 2 atom stereocenters. The van der Waals surface area contributed by atoms with E-state index >= 15 is 0 Å². The molecule has 1 saturated carbocycles. The number of benzene rings is 1. The lowest BCUT2D eigenvalue weighted by molar-refractivity contribution is 0.303. The van der Waals surface area contributed by atoms with Crippen LogP contribution in [-0.2, 0) is 6.54 Å². The maximum Gasteiger partial charge on any atom is 0.0233 e. The highest BCUT2D eigenvalue weighted by Gasteiger charge is 2.35. The van der Waals surface area contributed by atoms with E-state index in [-0.39, 0.29) is 0 Å². The summed E-state index contributed by atoms with van der Waals surface area (Å²) in [4.78, 5) is 2.64. The van der Waals surface area contributed by atoms with Crippen molar-refractivity contribution in [1.82, 2.24) is 4.90 Å². The van der Waals surface area contributed by atoms with Crippen LogP contribution >= 0.6 is 0 Å². The van der Waals surface area contributed by atoms with E-state index in [1.165, 1.54) is 37.9 Å². The van der Waals surface area contributed by atoms with E-state index in [1.807, 2.05) is 0 Å². The fourth-order valence-corrected chi connectivity index (χ4v) is 3.30. The van der Waals surface area contributed by atoms with Crippen molar-refractivity contribution in [1.29, 1.82) is 0 Å². The van der Waals surface area contributed by atoms with Crippen molar-refractivity contribution < 1.29 is 0 Å². The van der Waals surface area contributed by atoms with Gasteiger partial charge in [0.1, 0.15) is 0 Å². The number of hydrogen-bond acceptors (Lipinski definition) is 1. The lowest BCUT2D eigenvalue weighted by Crippen LogP contribution is -2.20. The average molecular weight is 201 g/mol. The van der Waals surface area contributed by atoms with Crippen molar-refractivity contribution in [3.05, 3.63) is 35.9 Å². The molecule has 1 aromatic rings. The molecule has 80 valence electrons. The summed E-state index contributed by atoms with van der Waals surface area (Å²) in [5, 5.41) is 0. The fraction of sp³-hybridized carbons (Fsp3) is 0.571. The Morgan fingerprint density at radius 3 is 2.33 bits per heavy atom. The first-order valence-electron chi connectivity index (χ1n) is 6.18. The third-order valence-electron chi connectivity index (χ3n) is 4.05. The fourth-order valence-electron chi connectivity index (χ4n) is 3.30. The zero-order valence-electron chi connectivity index (χ0n) is 9.23. The van der Waals surface area contributed by atoms with Crippen molar-refractivity contribution in [3.8, 4) is 0 Å². The van der Waals surface area contributed by atoms with Gasteiger partial charge in [-0.15, -0.1) is 0 Å². The van der Waals surface area contributed by atoms with Gasteiger partial charge >= 0.3 is 0 Å². The van der Waals surface area contributed by atoms with Gasteiger partial charge < -0.3 is 0 Å². The van der Waals surface area contributed by atoms with Crippen molar-refractivity contribution in [2.45, 2.75) is 25.8 Å². The third-order valence-corrected chi connectivity index (χ3v) is 4.05. The highest BCUT2D eigenvalue weighted by atomic mass is 15.2. The molecule has 0 amide bonds. The first-order chi connectivity index (χ1) is 7.42. The largest absolute Gasteiger partial charge is 0.299 e. The molecule has 1 aromatic carbocycles. The molecule has 1 heterocycles. The summed E-state index contributed by atoms with van der Waals surface area (Å²) in [7, 11) is 0. The molecule has 1 nitrogen and oxygen atoms in total. The minimum absolute atomic E-state index is 1.02. The highest BCUT2D eigenvalue weighted by molar-refractivity contribution is 5.14. The number of rotatable bonds is 2. The monoisotopic (exact) mass is 201 g/mol. The number of hydrogen-bond donors (Lipinski definition) is 0. The van der Waals surface area contributed by atoms with Gasteiger partial charge in [-0.3, -0.25) is 4.90 Å². The maximum absolute atomic E-state index is 2.64. The van der Waals surface area contributed by atoms with Crippen LogP contribution in [0, 0.1) is 11.8 Å². The number of fused-ring (bicyclic) bond motifs is 1. The van der Waals surface area contributed by atoms with Crippen LogP contribution < -0.4 is 0 Å². The van der Waals surface area contributed by atoms with Crippen molar-refractivity contribution in [3.63, 3.8) is 0 Å². The molecule has 1 aliphatic carbocycles. The van der Waals surface area contributed by atoms with Crippen LogP contribution in [0.15, 0.2) is 30.3 Å². The predicted octanol–water partition coefficient (Wildman–Crippen LogP) is 2.92. The van der Waals surface area contributed by atoms with Crippen LogP contribution in [0.1, 0.15) is 24.8 Å². The Morgan fingerprint density at radius 2 is 1.67 bits per heavy atom. The highest BCUT2D eigenvalue weighted by Crippen LogP contribution is 2.38. The van der Waals surface area contributed by atoms with Gasteiger partial charge in [-0.1, -0.05) is 36.8 Å². The molecular weight excluding hydrogens is 182 g/mol. The maximum atomic E-state index is 2.64. The van der Waals surface area contributed by atoms with E-state index in [0.29, 0.717) is 0 Å². The molecule has 0 bridgehead atoms. The standard InChI is InChI=1S/C14H19N/c1-2-5-12(6-3-1)9-15-10-13-7-4-8-14(13)11-15/h1-3,5-6,13-14H,4,7-11H2/t13-,14+. The van der Waals surface area contributed by atoms with Crippen LogP contribution in [0.4, 0.5) is 0 Å². The topological polar surface area (TPSA) is 3.24 Å². The minimum atomic E-state index is 1.02. The van der Waals surface area contributed by atoms with E-state index in [4.69, 9.17) is 0 Å². The normalized spacial score (nSPS) is 30.7. The predicted molar refractivity (Wildman–Crippen MR) is 62.6 cm³/mol. The first kappa shape index (κ1) is 9.41. The Labute approximate surface area is 92.1 Å². The van der Waals surface area contributed by atoms with Gasteiger partial charge in [0.05, 0.1) is 0 Å². The molecule has 1 saturated heterocycles. The molecule has 2 aliphatic rings. The van der Waals surface area contributed by atoms with E-state index in [0.717, 1.165) is 18.4 Å². The van der Waals surface area contributed by atoms with Crippen LogP contribution in [0.3, 0.4) is 0 Å². The molecule has 1 heteroatoms. The van der Waals surface area contributed by atoms with Crippen molar-refractivity contribution in [2.24, 2.45) is 11.8 Å². The lowest BCUT2D eigenvalue weighted by Gasteiger charge is -2.16. The summed E-state index contributed by atoms with van der Waals surface area (Å²) in [5.74, 6) is 2.04. The minimum Gasteiger partial charge on any atom is -0.299 e. The van der Waals surface area contributed by atoms with Crippen LogP contribution in [-0.4, -0.2) is 18.0 Å². The molecule has 3 rings (SSSR count). The molecule has 1 aliphatic heterocycles. The van der Waals surface area contributed by atoms with E-state index < -0.39 is 0 Å². The van der Waals surface area contributed by atoms with Crippen LogP contribution in [0.5, 0.6) is 0 Å². The van der Waals surface area contributed by atoms with Gasteiger partial charge in [0.25, 0.3) is 0 Å². The zero-order valence-corrected chi connectivity index (χ0v) is 9.23. The summed E-state index contributed by atoms with van der Waals surface area (Å²) in [6.07, 6.45) is 4.44. The molecule has 2 fully saturated rings.